The van der Waals surface area contributed by atoms with Crippen molar-refractivity contribution in [2.75, 3.05) is 32.8 Å². The molecular weight excluding hydrogens is 373 g/mol. The highest BCUT2D eigenvalue weighted by Gasteiger charge is 2.25. The standard InChI is InChI=1S/C22H26FN3O3/c23-19-8-6-18(7-9-19)20-15-25(12-13-29-20)16-22(28)26(11-10-21(24)27)14-17-4-2-1-3-5-17/h1-9,20H,10-16H2,(H2,24,27)/t20-/m0/s1. The Labute approximate surface area is 170 Å². The van der Waals surface area contributed by atoms with Crippen LogP contribution in [-0.4, -0.2) is 54.4 Å². The first-order valence-corrected chi connectivity index (χ1v) is 9.70. The number of morpholine rings is 1. The van der Waals surface area contributed by atoms with Crippen molar-refractivity contribution in [3.8, 4) is 0 Å². The van der Waals surface area contributed by atoms with Gasteiger partial charge in [-0.2, -0.15) is 0 Å². The van der Waals surface area contributed by atoms with Gasteiger partial charge in [-0.05, 0) is 23.3 Å². The number of primary amides is 1. The summed E-state index contributed by atoms with van der Waals surface area (Å²) < 4.78 is 19.0. The van der Waals surface area contributed by atoms with Crippen LogP contribution in [0.25, 0.3) is 0 Å². The number of rotatable bonds is 8. The number of amides is 2. The molecule has 0 bridgehead atoms. The van der Waals surface area contributed by atoms with Crippen molar-refractivity contribution in [2.45, 2.75) is 19.1 Å². The van der Waals surface area contributed by atoms with Gasteiger partial charge in [-0.3, -0.25) is 14.5 Å². The molecule has 1 fully saturated rings. The molecule has 29 heavy (non-hydrogen) atoms. The van der Waals surface area contributed by atoms with E-state index in [1.807, 2.05) is 35.2 Å². The number of hydrogen-bond acceptors (Lipinski definition) is 4. The molecule has 1 atom stereocenters. The molecule has 0 aliphatic carbocycles. The normalized spacial score (nSPS) is 17.1. The molecule has 0 unspecified atom stereocenters. The van der Waals surface area contributed by atoms with Crippen molar-refractivity contribution in [3.63, 3.8) is 0 Å². The molecule has 0 radical (unpaired) electrons. The maximum absolute atomic E-state index is 13.2. The van der Waals surface area contributed by atoms with Crippen molar-refractivity contribution >= 4 is 11.8 Å². The van der Waals surface area contributed by atoms with Crippen LogP contribution in [0.1, 0.15) is 23.7 Å². The third-order valence-corrected chi connectivity index (χ3v) is 4.95. The average molecular weight is 399 g/mol. The minimum atomic E-state index is -0.432. The van der Waals surface area contributed by atoms with E-state index in [9.17, 15) is 14.0 Å². The van der Waals surface area contributed by atoms with Crippen LogP contribution in [0.15, 0.2) is 54.6 Å². The van der Waals surface area contributed by atoms with E-state index in [4.69, 9.17) is 10.5 Å². The largest absolute Gasteiger partial charge is 0.371 e. The number of ether oxygens (including phenoxy) is 1. The molecular formula is C22H26FN3O3. The first-order chi connectivity index (χ1) is 14.0. The molecule has 1 saturated heterocycles. The molecule has 2 amide bonds. The summed E-state index contributed by atoms with van der Waals surface area (Å²) in [6, 6.07) is 15.9. The number of nitrogens with zero attached hydrogens (tertiary/aromatic N) is 2. The highest BCUT2D eigenvalue weighted by molar-refractivity contribution is 5.79. The van der Waals surface area contributed by atoms with Crippen molar-refractivity contribution in [2.24, 2.45) is 5.73 Å². The quantitative estimate of drug-likeness (QED) is 0.738. The second-order valence-electron chi connectivity index (χ2n) is 7.16. The topological polar surface area (TPSA) is 75.9 Å². The zero-order valence-corrected chi connectivity index (χ0v) is 16.3. The van der Waals surface area contributed by atoms with Crippen LogP contribution in [0.4, 0.5) is 4.39 Å². The van der Waals surface area contributed by atoms with Gasteiger partial charge in [-0.25, -0.2) is 4.39 Å². The van der Waals surface area contributed by atoms with E-state index in [2.05, 4.69) is 0 Å². The second-order valence-corrected chi connectivity index (χ2v) is 7.16. The van der Waals surface area contributed by atoms with Crippen molar-refractivity contribution in [1.82, 2.24) is 9.80 Å². The highest BCUT2D eigenvalue weighted by Crippen LogP contribution is 2.22. The SMILES string of the molecule is NC(=O)CCN(Cc1ccccc1)C(=O)CN1CCO[C@H](c2ccc(F)cc2)C1. The molecule has 7 heteroatoms. The Kier molecular flexibility index (Phi) is 7.32. The molecule has 1 aliphatic rings. The zero-order chi connectivity index (χ0) is 20.6. The Bertz CT molecular complexity index is 814. The molecule has 0 saturated carbocycles. The Morgan fingerprint density at radius 3 is 2.55 bits per heavy atom. The van der Waals surface area contributed by atoms with Crippen molar-refractivity contribution < 1.29 is 18.7 Å². The molecule has 1 heterocycles. The summed E-state index contributed by atoms with van der Waals surface area (Å²) in [5.74, 6) is -0.781. The molecule has 0 spiro atoms. The fraction of sp³-hybridized carbons (Fsp3) is 0.364. The Morgan fingerprint density at radius 1 is 1.14 bits per heavy atom. The fourth-order valence-corrected chi connectivity index (χ4v) is 3.36. The van der Waals surface area contributed by atoms with E-state index < -0.39 is 5.91 Å². The lowest BCUT2D eigenvalue weighted by molar-refractivity contribution is -0.135. The lowest BCUT2D eigenvalue weighted by atomic mass is 10.1. The van der Waals surface area contributed by atoms with Crippen LogP contribution in [-0.2, 0) is 20.9 Å². The van der Waals surface area contributed by atoms with Gasteiger partial charge in [-0.1, -0.05) is 42.5 Å². The monoisotopic (exact) mass is 399 g/mol. The van der Waals surface area contributed by atoms with E-state index in [1.165, 1.54) is 12.1 Å². The van der Waals surface area contributed by atoms with E-state index in [1.54, 1.807) is 17.0 Å². The molecule has 154 valence electrons. The summed E-state index contributed by atoms with van der Waals surface area (Å²) in [6.07, 6.45) is -0.0785. The first kappa shape index (κ1) is 21.0. The number of benzene rings is 2. The smallest absolute Gasteiger partial charge is 0.237 e. The number of hydrogen-bond donors (Lipinski definition) is 1. The first-order valence-electron chi connectivity index (χ1n) is 9.70. The third kappa shape index (κ3) is 6.37. The fourth-order valence-electron chi connectivity index (χ4n) is 3.36. The van der Waals surface area contributed by atoms with E-state index in [0.717, 1.165) is 11.1 Å². The van der Waals surface area contributed by atoms with Crippen LogP contribution < -0.4 is 5.73 Å². The van der Waals surface area contributed by atoms with Gasteiger partial charge >= 0.3 is 0 Å². The van der Waals surface area contributed by atoms with Gasteiger partial charge in [0.1, 0.15) is 5.82 Å². The van der Waals surface area contributed by atoms with Crippen LogP contribution in [0.3, 0.4) is 0 Å². The summed E-state index contributed by atoms with van der Waals surface area (Å²) >= 11 is 0. The van der Waals surface area contributed by atoms with E-state index >= 15 is 0 Å². The van der Waals surface area contributed by atoms with Gasteiger partial charge < -0.3 is 15.4 Å². The predicted octanol–water partition coefficient (Wildman–Crippen LogP) is 2.10. The van der Waals surface area contributed by atoms with Gasteiger partial charge in [0.25, 0.3) is 0 Å². The number of carbonyl (C=O) groups excluding carboxylic acids is 2. The molecule has 3 rings (SSSR count). The molecule has 2 aromatic carbocycles. The average Bonchev–Trinajstić information content (AvgIpc) is 2.72. The maximum atomic E-state index is 13.2. The summed E-state index contributed by atoms with van der Waals surface area (Å²) in [5, 5.41) is 0. The molecule has 2 aromatic rings. The Balaban J connectivity index is 1.62. The van der Waals surface area contributed by atoms with Gasteiger partial charge in [0.15, 0.2) is 0 Å². The molecule has 0 aromatic heterocycles. The predicted molar refractivity (Wildman–Crippen MR) is 107 cm³/mol. The van der Waals surface area contributed by atoms with E-state index in [-0.39, 0.29) is 37.3 Å². The molecule has 2 N–H and O–H groups in total. The highest BCUT2D eigenvalue weighted by atomic mass is 19.1. The zero-order valence-electron chi connectivity index (χ0n) is 16.3. The van der Waals surface area contributed by atoms with Gasteiger partial charge in [0.2, 0.25) is 11.8 Å². The van der Waals surface area contributed by atoms with Crippen LogP contribution in [0, 0.1) is 5.82 Å². The number of halogens is 1. The summed E-state index contributed by atoms with van der Waals surface area (Å²) in [7, 11) is 0. The van der Waals surface area contributed by atoms with Crippen molar-refractivity contribution in [3.05, 3.63) is 71.5 Å². The number of nitrogens with two attached hydrogens (primary N) is 1. The minimum Gasteiger partial charge on any atom is -0.371 e. The Hall–Kier alpha value is -2.77. The number of carbonyl (C=O) groups is 2. The molecule has 1 aliphatic heterocycles. The Morgan fingerprint density at radius 2 is 1.86 bits per heavy atom. The minimum absolute atomic E-state index is 0.0603. The second kappa shape index (κ2) is 10.1. The summed E-state index contributed by atoms with van der Waals surface area (Å²) in [4.78, 5) is 27.9. The van der Waals surface area contributed by atoms with Crippen molar-refractivity contribution in [1.29, 1.82) is 0 Å². The van der Waals surface area contributed by atoms with Crippen LogP contribution >= 0.6 is 0 Å². The van der Waals surface area contributed by atoms with Gasteiger partial charge in [0.05, 0.1) is 19.3 Å². The third-order valence-electron chi connectivity index (χ3n) is 4.95. The van der Waals surface area contributed by atoms with E-state index in [0.29, 0.717) is 26.2 Å². The van der Waals surface area contributed by atoms with Gasteiger partial charge in [-0.15, -0.1) is 0 Å². The summed E-state index contributed by atoms with van der Waals surface area (Å²) in [6.45, 7) is 2.63. The maximum Gasteiger partial charge on any atom is 0.237 e. The lowest BCUT2D eigenvalue weighted by Gasteiger charge is -2.34. The lowest BCUT2D eigenvalue weighted by Crippen LogP contribution is -2.46. The summed E-state index contributed by atoms with van der Waals surface area (Å²) in [5.41, 5.74) is 7.17. The van der Waals surface area contributed by atoms with Gasteiger partial charge in [0, 0.05) is 32.6 Å². The van der Waals surface area contributed by atoms with Crippen LogP contribution in [0.2, 0.25) is 0 Å². The van der Waals surface area contributed by atoms with Crippen LogP contribution in [0.5, 0.6) is 0 Å². The molecule has 6 nitrogen and oxygen atoms in total.